The van der Waals surface area contributed by atoms with Crippen molar-refractivity contribution in [3.8, 4) is 6.07 Å². The highest BCUT2D eigenvalue weighted by Crippen LogP contribution is 2.28. The van der Waals surface area contributed by atoms with Crippen molar-refractivity contribution in [1.82, 2.24) is 9.97 Å². The second-order valence-corrected chi connectivity index (χ2v) is 5.66. The van der Waals surface area contributed by atoms with E-state index >= 15 is 0 Å². The second-order valence-electron chi connectivity index (χ2n) is 4.75. The first-order valence-electron chi connectivity index (χ1n) is 6.33. The van der Waals surface area contributed by atoms with Crippen molar-refractivity contribution in [2.75, 3.05) is 18.0 Å². The van der Waals surface area contributed by atoms with Crippen LogP contribution in [0.2, 0.25) is 0 Å². The molecule has 96 valence electrons. The third-order valence-corrected chi connectivity index (χ3v) is 4.05. The normalized spacial score (nSPS) is 16.5. The van der Waals surface area contributed by atoms with Crippen molar-refractivity contribution in [3.63, 3.8) is 0 Å². The van der Waals surface area contributed by atoms with E-state index in [2.05, 4.69) is 42.9 Å². The Bertz CT molecular complexity index is 641. The lowest BCUT2D eigenvalue weighted by Gasteiger charge is -2.30. The van der Waals surface area contributed by atoms with Crippen molar-refractivity contribution >= 4 is 32.7 Å². The maximum Gasteiger partial charge on any atom is 0.139 e. The van der Waals surface area contributed by atoms with Gasteiger partial charge in [0.25, 0.3) is 0 Å². The fourth-order valence-corrected chi connectivity index (χ4v) is 2.85. The molecule has 1 aliphatic rings. The third-order valence-electron chi connectivity index (χ3n) is 3.55. The van der Waals surface area contributed by atoms with Gasteiger partial charge in [-0.2, -0.15) is 5.26 Å². The standard InChI is InChI=1S/C14H13BrN4/c15-11-1-2-13-12(7-11)14(18-9-17-13)19-5-3-10(8-16)4-6-19/h1-2,7,9-10H,3-6H2. The zero-order chi connectivity index (χ0) is 13.2. The molecule has 0 bridgehead atoms. The molecule has 1 fully saturated rings. The maximum absolute atomic E-state index is 8.96. The third kappa shape index (κ3) is 2.41. The molecule has 0 atom stereocenters. The predicted molar refractivity (Wildman–Crippen MR) is 77.8 cm³/mol. The molecule has 4 nitrogen and oxygen atoms in total. The Morgan fingerprint density at radius 3 is 2.79 bits per heavy atom. The lowest BCUT2D eigenvalue weighted by atomic mass is 9.98. The summed E-state index contributed by atoms with van der Waals surface area (Å²) in [5.74, 6) is 1.17. The van der Waals surface area contributed by atoms with E-state index in [4.69, 9.17) is 5.26 Å². The quantitative estimate of drug-likeness (QED) is 0.811. The Morgan fingerprint density at radius 1 is 1.26 bits per heavy atom. The van der Waals surface area contributed by atoms with Crippen molar-refractivity contribution in [3.05, 3.63) is 29.0 Å². The van der Waals surface area contributed by atoms with Crippen LogP contribution in [0.5, 0.6) is 0 Å². The van der Waals surface area contributed by atoms with Gasteiger partial charge in [-0.1, -0.05) is 15.9 Å². The number of hydrogen-bond donors (Lipinski definition) is 0. The van der Waals surface area contributed by atoms with Crippen LogP contribution in [0.3, 0.4) is 0 Å². The molecule has 19 heavy (non-hydrogen) atoms. The van der Waals surface area contributed by atoms with Gasteiger partial charge in [-0.15, -0.1) is 0 Å². The Labute approximate surface area is 120 Å². The zero-order valence-electron chi connectivity index (χ0n) is 10.4. The predicted octanol–water partition coefficient (Wildman–Crippen LogP) is 3.13. The van der Waals surface area contributed by atoms with Crippen LogP contribution in [0.1, 0.15) is 12.8 Å². The molecule has 3 rings (SSSR count). The van der Waals surface area contributed by atoms with Gasteiger partial charge in [0.1, 0.15) is 12.1 Å². The van der Waals surface area contributed by atoms with Gasteiger partial charge in [0, 0.05) is 28.9 Å². The van der Waals surface area contributed by atoms with Gasteiger partial charge in [0.2, 0.25) is 0 Å². The largest absolute Gasteiger partial charge is 0.356 e. The molecule has 0 aliphatic carbocycles. The van der Waals surface area contributed by atoms with Gasteiger partial charge in [0.05, 0.1) is 11.6 Å². The molecule has 0 N–H and O–H groups in total. The molecular weight excluding hydrogens is 304 g/mol. The van der Waals surface area contributed by atoms with Crippen LogP contribution in [0.25, 0.3) is 10.9 Å². The van der Waals surface area contributed by atoms with E-state index in [9.17, 15) is 0 Å². The molecule has 1 saturated heterocycles. The average Bonchev–Trinajstić information content (AvgIpc) is 2.47. The first-order valence-corrected chi connectivity index (χ1v) is 7.12. The number of rotatable bonds is 1. The highest BCUT2D eigenvalue weighted by molar-refractivity contribution is 9.10. The summed E-state index contributed by atoms with van der Waals surface area (Å²) in [5.41, 5.74) is 0.954. The summed E-state index contributed by atoms with van der Waals surface area (Å²) in [7, 11) is 0. The Hall–Kier alpha value is -1.67. The number of nitriles is 1. The van der Waals surface area contributed by atoms with Crippen LogP contribution >= 0.6 is 15.9 Å². The van der Waals surface area contributed by atoms with Crippen molar-refractivity contribution in [1.29, 1.82) is 5.26 Å². The van der Waals surface area contributed by atoms with Gasteiger partial charge in [0.15, 0.2) is 0 Å². The molecule has 0 radical (unpaired) electrons. The molecule has 5 heteroatoms. The van der Waals surface area contributed by atoms with Crippen LogP contribution in [-0.4, -0.2) is 23.1 Å². The van der Waals surface area contributed by atoms with E-state index < -0.39 is 0 Å². The Kier molecular flexibility index (Phi) is 3.34. The minimum Gasteiger partial charge on any atom is -0.356 e. The molecular formula is C14H13BrN4. The fraction of sp³-hybridized carbons (Fsp3) is 0.357. The van der Waals surface area contributed by atoms with E-state index in [0.717, 1.165) is 47.1 Å². The van der Waals surface area contributed by atoms with Gasteiger partial charge in [-0.3, -0.25) is 0 Å². The molecule has 2 heterocycles. The van der Waals surface area contributed by atoms with E-state index in [1.54, 1.807) is 6.33 Å². The fourth-order valence-electron chi connectivity index (χ4n) is 2.49. The van der Waals surface area contributed by atoms with Crippen LogP contribution in [0.4, 0.5) is 5.82 Å². The summed E-state index contributed by atoms with van der Waals surface area (Å²) in [5, 5.41) is 10.0. The Morgan fingerprint density at radius 2 is 2.05 bits per heavy atom. The summed E-state index contributed by atoms with van der Waals surface area (Å²) in [4.78, 5) is 11.0. The summed E-state index contributed by atoms with van der Waals surface area (Å²) in [6.07, 6.45) is 3.44. The summed E-state index contributed by atoms with van der Waals surface area (Å²) in [6, 6.07) is 8.39. The lowest BCUT2D eigenvalue weighted by molar-refractivity contribution is 0.486. The van der Waals surface area contributed by atoms with Crippen molar-refractivity contribution in [2.45, 2.75) is 12.8 Å². The number of benzene rings is 1. The van der Waals surface area contributed by atoms with Crippen LogP contribution in [0, 0.1) is 17.2 Å². The van der Waals surface area contributed by atoms with Gasteiger partial charge >= 0.3 is 0 Å². The minimum atomic E-state index is 0.191. The summed E-state index contributed by atoms with van der Waals surface area (Å²) in [6.45, 7) is 1.77. The molecule has 1 aromatic heterocycles. The first-order chi connectivity index (χ1) is 9.28. The summed E-state index contributed by atoms with van der Waals surface area (Å²) < 4.78 is 1.03. The van der Waals surface area contributed by atoms with Gasteiger partial charge in [-0.05, 0) is 31.0 Å². The first kappa shape index (κ1) is 12.4. The SMILES string of the molecule is N#CC1CCN(c2ncnc3ccc(Br)cc23)CC1. The topological polar surface area (TPSA) is 52.8 Å². The second kappa shape index (κ2) is 5.14. The number of fused-ring (bicyclic) bond motifs is 1. The monoisotopic (exact) mass is 316 g/mol. The summed E-state index contributed by atoms with van der Waals surface area (Å²) >= 11 is 3.49. The highest BCUT2D eigenvalue weighted by atomic mass is 79.9. The lowest BCUT2D eigenvalue weighted by Crippen LogP contribution is -2.34. The number of halogens is 1. The number of piperidine rings is 1. The van der Waals surface area contributed by atoms with E-state index in [-0.39, 0.29) is 5.92 Å². The molecule has 0 saturated carbocycles. The Balaban J connectivity index is 1.97. The van der Waals surface area contributed by atoms with Crippen LogP contribution in [0.15, 0.2) is 29.0 Å². The van der Waals surface area contributed by atoms with Crippen molar-refractivity contribution < 1.29 is 0 Å². The molecule has 1 aromatic carbocycles. The number of hydrogen-bond acceptors (Lipinski definition) is 4. The van der Waals surface area contributed by atoms with E-state index in [1.165, 1.54) is 0 Å². The van der Waals surface area contributed by atoms with Gasteiger partial charge in [-0.25, -0.2) is 9.97 Å². The minimum absolute atomic E-state index is 0.191. The molecule has 0 unspecified atom stereocenters. The average molecular weight is 317 g/mol. The zero-order valence-corrected chi connectivity index (χ0v) is 12.0. The maximum atomic E-state index is 8.96. The number of nitrogens with zero attached hydrogens (tertiary/aromatic N) is 4. The highest BCUT2D eigenvalue weighted by Gasteiger charge is 2.21. The smallest absolute Gasteiger partial charge is 0.139 e. The molecule has 2 aromatic rings. The van der Waals surface area contributed by atoms with Gasteiger partial charge < -0.3 is 4.90 Å². The van der Waals surface area contributed by atoms with Crippen molar-refractivity contribution in [2.24, 2.45) is 5.92 Å². The number of aromatic nitrogens is 2. The molecule has 0 spiro atoms. The number of anilines is 1. The van der Waals surface area contributed by atoms with Crippen LogP contribution < -0.4 is 4.90 Å². The van der Waals surface area contributed by atoms with E-state index in [1.807, 2.05) is 12.1 Å². The van der Waals surface area contributed by atoms with Crippen LogP contribution in [-0.2, 0) is 0 Å². The molecule has 0 amide bonds. The van der Waals surface area contributed by atoms with E-state index in [0.29, 0.717) is 0 Å². The molecule has 1 aliphatic heterocycles.